The van der Waals surface area contributed by atoms with Crippen LogP contribution < -0.4 is 0 Å². The van der Waals surface area contributed by atoms with Crippen LogP contribution in [0, 0.1) is 0 Å². The van der Waals surface area contributed by atoms with E-state index in [9.17, 15) is 0 Å². The van der Waals surface area contributed by atoms with Gasteiger partial charge in [0.25, 0.3) is 0 Å². The fraction of sp³-hybridized carbons (Fsp3) is 1.00. The lowest BCUT2D eigenvalue weighted by atomic mass is 10.2. The lowest BCUT2D eigenvalue weighted by Crippen LogP contribution is -2.36. The highest BCUT2D eigenvalue weighted by Crippen LogP contribution is 2.11. The van der Waals surface area contributed by atoms with Crippen molar-refractivity contribution in [2.75, 3.05) is 40.3 Å². The minimum Gasteiger partial charge on any atom is -0.377 e. The molecule has 0 aliphatic carbocycles. The summed E-state index contributed by atoms with van der Waals surface area (Å²) in [6.07, 6.45) is 1.66. The van der Waals surface area contributed by atoms with Gasteiger partial charge >= 0.3 is 0 Å². The molecule has 0 N–H and O–H groups in total. The van der Waals surface area contributed by atoms with Gasteiger partial charge in [-0.1, -0.05) is 0 Å². The van der Waals surface area contributed by atoms with Crippen LogP contribution in [0.4, 0.5) is 0 Å². The van der Waals surface area contributed by atoms with Crippen LogP contribution >= 0.6 is 0 Å². The molecule has 0 spiro atoms. The van der Waals surface area contributed by atoms with Gasteiger partial charge in [-0.25, -0.2) is 0 Å². The summed E-state index contributed by atoms with van der Waals surface area (Å²) >= 11 is 0. The van der Waals surface area contributed by atoms with Gasteiger partial charge in [-0.05, 0) is 40.9 Å². The van der Waals surface area contributed by atoms with E-state index in [0.717, 1.165) is 19.2 Å². The molecule has 0 amide bonds. The van der Waals surface area contributed by atoms with Gasteiger partial charge in [0, 0.05) is 19.1 Å². The summed E-state index contributed by atoms with van der Waals surface area (Å²) in [5.74, 6) is 0. The van der Waals surface area contributed by atoms with Crippen LogP contribution in [0.15, 0.2) is 0 Å². The van der Waals surface area contributed by atoms with Gasteiger partial charge in [-0.15, -0.1) is 0 Å². The molecule has 1 saturated heterocycles. The largest absolute Gasteiger partial charge is 0.377 e. The van der Waals surface area contributed by atoms with Gasteiger partial charge < -0.3 is 9.64 Å². The number of ether oxygens (including phenoxy) is 1. The number of hydrogen-bond donors (Lipinski definition) is 0. The minimum absolute atomic E-state index is 0.356. The van der Waals surface area contributed by atoms with Crippen molar-refractivity contribution in [3.63, 3.8) is 0 Å². The van der Waals surface area contributed by atoms with E-state index in [4.69, 9.17) is 4.74 Å². The second-order valence-electron chi connectivity index (χ2n) is 4.60. The summed E-state index contributed by atoms with van der Waals surface area (Å²) < 4.78 is 5.54. The molecule has 14 heavy (non-hydrogen) atoms. The van der Waals surface area contributed by atoms with Gasteiger partial charge in [-0.2, -0.15) is 0 Å². The van der Waals surface area contributed by atoms with Crippen LogP contribution in [0.1, 0.15) is 20.3 Å². The van der Waals surface area contributed by atoms with E-state index in [0.29, 0.717) is 6.10 Å². The number of hydrogen-bond acceptors (Lipinski definition) is 3. The van der Waals surface area contributed by atoms with Gasteiger partial charge in [-0.3, -0.25) is 4.90 Å². The molecular weight excluding hydrogens is 176 g/mol. The third-order valence-corrected chi connectivity index (χ3v) is 2.88. The minimum atomic E-state index is 0.356. The van der Waals surface area contributed by atoms with E-state index in [1.807, 2.05) is 0 Å². The van der Waals surface area contributed by atoms with Crippen LogP contribution in [0.2, 0.25) is 0 Å². The molecular formula is C11H24N2O. The van der Waals surface area contributed by atoms with Gasteiger partial charge in [0.15, 0.2) is 0 Å². The first kappa shape index (κ1) is 12.0. The highest BCUT2D eigenvalue weighted by Gasteiger charge is 2.22. The Morgan fingerprint density at radius 1 is 1.50 bits per heavy atom. The van der Waals surface area contributed by atoms with Crippen molar-refractivity contribution >= 4 is 0 Å². The van der Waals surface area contributed by atoms with Crippen molar-refractivity contribution in [1.82, 2.24) is 9.80 Å². The number of rotatable bonds is 5. The van der Waals surface area contributed by atoms with Crippen LogP contribution in [0.25, 0.3) is 0 Å². The smallest absolute Gasteiger partial charge is 0.0596 e. The third-order valence-electron chi connectivity index (χ3n) is 2.88. The number of likely N-dealkylation sites (N-methyl/N-ethyl adjacent to an activating group) is 2. The Morgan fingerprint density at radius 2 is 2.21 bits per heavy atom. The monoisotopic (exact) mass is 200 g/mol. The Bertz CT molecular complexity index is 161. The Labute approximate surface area is 88.0 Å². The maximum Gasteiger partial charge on any atom is 0.0596 e. The summed E-state index contributed by atoms with van der Waals surface area (Å²) in [5.41, 5.74) is 0. The molecule has 1 aliphatic rings. The van der Waals surface area contributed by atoms with Crippen LogP contribution in [0.5, 0.6) is 0 Å². The van der Waals surface area contributed by atoms with Gasteiger partial charge in [0.05, 0.1) is 12.7 Å². The van der Waals surface area contributed by atoms with Crippen LogP contribution in [0.3, 0.4) is 0 Å². The van der Waals surface area contributed by atoms with Gasteiger partial charge in [0.1, 0.15) is 0 Å². The van der Waals surface area contributed by atoms with Crippen molar-refractivity contribution in [2.24, 2.45) is 0 Å². The molecule has 0 aromatic rings. The van der Waals surface area contributed by atoms with Crippen LogP contribution in [-0.2, 0) is 4.74 Å². The Hall–Kier alpha value is -0.120. The number of likely N-dealkylation sites (tertiary alicyclic amines) is 1. The average Bonchev–Trinajstić information content (AvgIpc) is 2.51. The zero-order chi connectivity index (χ0) is 10.6. The quantitative estimate of drug-likeness (QED) is 0.659. The summed E-state index contributed by atoms with van der Waals surface area (Å²) in [4.78, 5) is 4.82. The molecule has 3 nitrogen and oxygen atoms in total. The predicted molar refractivity (Wildman–Crippen MR) is 59.6 cm³/mol. The van der Waals surface area contributed by atoms with E-state index >= 15 is 0 Å². The Morgan fingerprint density at radius 3 is 2.71 bits per heavy atom. The van der Waals surface area contributed by atoms with Crippen molar-refractivity contribution < 1.29 is 4.74 Å². The number of nitrogens with zero attached hydrogens (tertiary/aromatic N) is 2. The SMILES string of the molecule is CC(C)OCCN(C)C1CCN(C)C1. The van der Waals surface area contributed by atoms with Gasteiger partial charge in [0.2, 0.25) is 0 Å². The lowest BCUT2D eigenvalue weighted by molar-refractivity contribution is 0.0567. The fourth-order valence-corrected chi connectivity index (χ4v) is 1.89. The first-order valence-corrected chi connectivity index (χ1v) is 5.60. The first-order chi connectivity index (χ1) is 6.59. The zero-order valence-corrected chi connectivity index (χ0v) is 9.99. The second kappa shape index (κ2) is 5.69. The normalized spacial score (nSPS) is 24.0. The zero-order valence-electron chi connectivity index (χ0n) is 9.99. The summed E-state index contributed by atoms with van der Waals surface area (Å²) in [6.45, 7) is 8.52. The predicted octanol–water partition coefficient (Wildman–Crippen LogP) is 1.05. The lowest BCUT2D eigenvalue weighted by Gasteiger charge is -2.24. The summed E-state index contributed by atoms with van der Waals surface area (Å²) in [6, 6.07) is 0.732. The van der Waals surface area contributed by atoms with E-state index < -0.39 is 0 Å². The molecule has 1 fully saturated rings. The molecule has 0 radical (unpaired) electrons. The molecule has 3 heteroatoms. The molecule has 1 unspecified atom stereocenters. The third kappa shape index (κ3) is 3.95. The first-order valence-electron chi connectivity index (χ1n) is 5.60. The molecule has 0 saturated carbocycles. The molecule has 0 aromatic heterocycles. The maximum absolute atomic E-state index is 5.54. The van der Waals surface area contributed by atoms with E-state index in [2.05, 4.69) is 37.7 Å². The average molecular weight is 200 g/mol. The molecule has 1 heterocycles. The highest BCUT2D eigenvalue weighted by molar-refractivity contribution is 4.79. The standard InChI is InChI=1S/C11H24N2O/c1-10(2)14-8-7-13(4)11-5-6-12(3)9-11/h10-11H,5-9H2,1-4H3. The van der Waals surface area contributed by atoms with Crippen molar-refractivity contribution in [3.8, 4) is 0 Å². The van der Waals surface area contributed by atoms with Crippen molar-refractivity contribution in [3.05, 3.63) is 0 Å². The maximum atomic E-state index is 5.54. The Kier molecular flexibility index (Phi) is 4.85. The van der Waals surface area contributed by atoms with E-state index in [1.54, 1.807) is 0 Å². The van der Waals surface area contributed by atoms with E-state index in [-0.39, 0.29) is 0 Å². The molecule has 84 valence electrons. The molecule has 0 aromatic carbocycles. The second-order valence-corrected chi connectivity index (χ2v) is 4.60. The fourth-order valence-electron chi connectivity index (χ4n) is 1.89. The molecule has 1 aliphatic heterocycles. The summed E-state index contributed by atoms with van der Waals surface area (Å²) in [7, 11) is 4.39. The molecule has 1 rings (SSSR count). The molecule has 0 bridgehead atoms. The van der Waals surface area contributed by atoms with Crippen molar-refractivity contribution in [1.29, 1.82) is 0 Å². The Balaban J connectivity index is 2.12. The van der Waals surface area contributed by atoms with Crippen LogP contribution in [-0.4, -0.2) is 62.3 Å². The van der Waals surface area contributed by atoms with E-state index in [1.165, 1.54) is 19.5 Å². The highest BCUT2D eigenvalue weighted by atomic mass is 16.5. The molecule has 1 atom stereocenters. The van der Waals surface area contributed by atoms with Crippen molar-refractivity contribution in [2.45, 2.75) is 32.4 Å². The summed E-state index contributed by atoms with van der Waals surface area (Å²) in [5, 5.41) is 0. The topological polar surface area (TPSA) is 15.7 Å².